The van der Waals surface area contributed by atoms with Gasteiger partial charge in [-0.1, -0.05) is 57.9 Å². The van der Waals surface area contributed by atoms with Crippen molar-refractivity contribution in [1.82, 2.24) is 5.43 Å². The van der Waals surface area contributed by atoms with Crippen LogP contribution in [0.1, 0.15) is 12.5 Å². The fourth-order valence-electron chi connectivity index (χ4n) is 1.66. The lowest BCUT2D eigenvalue weighted by atomic mass is 10.1. The van der Waals surface area contributed by atoms with E-state index in [4.69, 9.17) is 23.8 Å². The molecule has 0 aliphatic carbocycles. The number of benzene rings is 2. The van der Waals surface area contributed by atoms with Gasteiger partial charge in [-0.2, -0.15) is 5.10 Å². The largest absolute Gasteiger partial charge is 0.330 e. The zero-order valence-corrected chi connectivity index (χ0v) is 14.4. The number of nitrogens with one attached hydrogen (secondary N) is 2. The van der Waals surface area contributed by atoms with Crippen molar-refractivity contribution in [2.24, 2.45) is 5.10 Å². The third-order valence-corrected chi connectivity index (χ3v) is 3.93. The van der Waals surface area contributed by atoms with Crippen molar-refractivity contribution in [3.8, 4) is 0 Å². The number of rotatable bonds is 3. The second kappa shape index (κ2) is 7.54. The molecule has 0 radical (unpaired) electrons. The minimum absolute atomic E-state index is 0.384. The van der Waals surface area contributed by atoms with E-state index in [9.17, 15) is 0 Å². The molecule has 108 valence electrons. The minimum atomic E-state index is 0.384. The maximum Gasteiger partial charge on any atom is 0.191 e. The van der Waals surface area contributed by atoms with E-state index in [1.54, 1.807) is 6.07 Å². The van der Waals surface area contributed by atoms with Crippen molar-refractivity contribution in [3.05, 3.63) is 63.6 Å². The summed E-state index contributed by atoms with van der Waals surface area (Å²) in [5.41, 5.74) is 5.38. The van der Waals surface area contributed by atoms with Crippen LogP contribution in [0.2, 0.25) is 5.02 Å². The zero-order valence-electron chi connectivity index (χ0n) is 11.2. The number of anilines is 1. The summed E-state index contributed by atoms with van der Waals surface area (Å²) in [4.78, 5) is 0. The molecule has 2 aromatic carbocycles. The highest BCUT2D eigenvalue weighted by Crippen LogP contribution is 2.20. The van der Waals surface area contributed by atoms with E-state index < -0.39 is 0 Å². The number of hydrazone groups is 1. The molecule has 0 heterocycles. The third kappa shape index (κ3) is 4.52. The van der Waals surface area contributed by atoms with Crippen molar-refractivity contribution in [2.75, 3.05) is 5.32 Å². The Labute approximate surface area is 142 Å². The summed E-state index contributed by atoms with van der Waals surface area (Å²) in [5, 5.41) is 8.26. The number of hydrogen-bond donors (Lipinski definition) is 2. The van der Waals surface area contributed by atoms with E-state index in [2.05, 4.69) is 31.8 Å². The first-order valence-electron chi connectivity index (χ1n) is 6.18. The second-order valence-corrected chi connectivity index (χ2v) is 5.89. The van der Waals surface area contributed by atoms with Gasteiger partial charge in [0.15, 0.2) is 5.11 Å². The minimum Gasteiger partial charge on any atom is -0.330 e. The summed E-state index contributed by atoms with van der Waals surface area (Å²) in [7, 11) is 0. The molecule has 0 saturated carbocycles. The predicted octanol–water partition coefficient (Wildman–Crippen LogP) is 4.81. The molecular formula is C15H13BrClN3S. The summed E-state index contributed by atoms with van der Waals surface area (Å²) in [6.07, 6.45) is 0. The van der Waals surface area contributed by atoms with E-state index in [1.807, 2.05) is 49.4 Å². The van der Waals surface area contributed by atoms with Crippen molar-refractivity contribution >= 4 is 56.3 Å². The van der Waals surface area contributed by atoms with Gasteiger partial charge in [0.25, 0.3) is 0 Å². The molecule has 0 amide bonds. The Balaban J connectivity index is 2.02. The van der Waals surface area contributed by atoms with Crippen LogP contribution in [-0.4, -0.2) is 10.8 Å². The molecule has 21 heavy (non-hydrogen) atoms. The first-order valence-corrected chi connectivity index (χ1v) is 7.76. The van der Waals surface area contributed by atoms with Gasteiger partial charge in [0, 0.05) is 10.0 Å². The molecule has 0 unspecified atom stereocenters. The third-order valence-electron chi connectivity index (χ3n) is 2.71. The predicted molar refractivity (Wildman–Crippen MR) is 97.2 cm³/mol. The monoisotopic (exact) mass is 381 g/mol. The van der Waals surface area contributed by atoms with Gasteiger partial charge in [0.05, 0.1) is 16.4 Å². The van der Waals surface area contributed by atoms with Crippen LogP contribution in [-0.2, 0) is 0 Å². The lowest BCUT2D eigenvalue weighted by Crippen LogP contribution is -2.25. The number of halogens is 2. The van der Waals surface area contributed by atoms with Crippen LogP contribution in [0, 0.1) is 0 Å². The highest BCUT2D eigenvalue weighted by atomic mass is 79.9. The van der Waals surface area contributed by atoms with Crippen LogP contribution in [0.3, 0.4) is 0 Å². The molecule has 3 nitrogen and oxygen atoms in total. The molecular weight excluding hydrogens is 370 g/mol. The molecule has 0 atom stereocenters. The molecule has 2 N–H and O–H groups in total. The van der Waals surface area contributed by atoms with E-state index in [-0.39, 0.29) is 0 Å². The van der Waals surface area contributed by atoms with Crippen LogP contribution in [0.15, 0.2) is 58.1 Å². The zero-order chi connectivity index (χ0) is 15.2. The Hall–Kier alpha value is -1.43. The topological polar surface area (TPSA) is 36.4 Å². The van der Waals surface area contributed by atoms with Gasteiger partial charge >= 0.3 is 0 Å². The Morgan fingerprint density at radius 2 is 1.81 bits per heavy atom. The Morgan fingerprint density at radius 3 is 2.52 bits per heavy atom. The molecule has 0 aliphatic rings. The van der Waals surface area contributed by atoms with Gasteiger partial charge in [-0.3, -0.25) is 5.43 Å². The smallest absolute Gasteiger partial charge is 0.191 e. The summed E-state index contributed by atoms with van der Waals surface area (Å²) < 4.78 is 0.984. The molecule has 6 heteroatoms. The normalized spacial score (nSPS) is 11.1. The molecule has 0 bridgehead atoms. The van der Waals surface area contributed by atoms with Crippen molar-refractivity contribution < 1.29 is 0 Å². The number of hydrogen-bond acceptors (Lipinski definition) is 2. The Kier molecular flexibility index (Phi) is 5.73. The van der Waals surface area contributed by atoms with E-state index in [0.717, 1.165) is 21.4 Å². The fraction of sp³-hybridized carbons (Fsp3) is 0.0667. The number of thiocarbonyl (C=S) groups is 1. The summed E-state index contributed by atoms with van der Waals surface area (Å²) >= 11 is 14.7. The van der Waals surface area contributed by atoms with Crippen molar-refractivity contribution in [2.45, 2.75) is 6.92 Å². The molecule has 2 aromatic rings. The maximum absolute atomic E-state index is 6.06. The summed E-state index contributed by atoms with van der Waals surface area (Å²) in [6.45, 7) is 1.91. The summed E-state index contributed by atoms with van der Waals surface area (Å²) in [6, 6.07) is 15.2. The van der Waals surface area contributed by atoms with E-state index in [0.29, 0.717) is 10.1 Å². The quantitative estimate of drug-likeness (QED) is 0.454. The molecule has 0 spiro atoms. The first kappa shape index (κ1) is 15.9. The number of para-hydroxylation sites is 1. The average Bonchev–Trinajstić information content (AvgIpc) is 2.48. The summed E-state index contributed by atoms with van der Waals surface area (Å²) in [5.74, 6) is 0. The Morgan fingerprint density at radius 1 is 1.14 bits per heavy atom. The van der Waals surface area contributed by atoms with Gasteiger partial charge in [0.1, 0.15) is 0 Å². The van der Waals surface area contributed by atoms with E-state index >= 15 is 0 Å². The molecule has 0 aromatic heterocycles. The lowest BCUT2D eigenvalue weighted by Gasteiger charge is -2.09. The second-order valence-electron chi connectivity index (χ2n) is 4.22. The van der Waals surface area contributed by atoms with Gasteiger partial charge < -0.3 is 5.32 Å². The molecule has 2 rings (SSSR count). The maximum atomic E-state index is 6.06. The van der Waals surface area contributed by atoms with Gasteiger partial charge in [-0.25, -0.2) is 0 Å². The van der Waals surface area contributed by atoms with E-state index in [1.165, 1.54) is 0 Å². The average molecular weight is 383 g/mol. The molecule has 0 saturated heterocycles. The van der Waals surface area contributed by atoms with Gasteiger partial charge in [0.2, 0.25) is 0 Å². The van der Waals surface area contributed by atoms with Gasteiger partial charge in [-0.15, -0.1) is 0 Å². The van der Waals surface area contributed by atoms with Gasteiger partial charge in [-0.05, 0) is 37.3 Å². The first-order chi connectivity index (χ1) is 10.1. The van der Waals surface area contributed by atoms with Crippen molar-refractivity contribution in [3.63, 3.8) is 0 Å². The van der Waals surface area contributed by atoms with Crippen molar-refractivity contribution in [1.29, 1.82) is 0 Å². The fourth-order valence-corrected chi connectivity index (χ4v) is 2.57. The van der Waals surface area contributed by atoms with Crippen LogP contribution in [0.4, 0.5) is 5.69 Å². The van der Waals surface area contributed by atoms with Crippen LogP contribution >= 0.6 is 39.7 Å². The highest BCUT2D eigenvalue weighted by Gasteiger charge is 2.03. The Bertz CT molecular complexity index is 688. The van der Waals surface area contributed by atoms with Crippen LogP contribution in [0.5, 0.6) is 0 Å². The molecule has 0 aliphatic heterocycles. The molecule has 0 fully saturated rings. The standard InChI is InChI=1S/C15H13BrClN3S/c1-10(11-6-2-3-7-12(11)16)19-20-15(21)18-14-9-5-4-8-13(14)17/h2-9H,1H3,(H2,18,20,21). The lowest BCUT2D eigenvalue weighted by molar-refractivity contribution is 1.04. The number of nitrogens with zero attached hydrogens (tertiary/aromatic N) is 1. The van der Waals surface area contributed by atoms with Crippen LogP contribution in [0.25, 0.3) is 0 Å². The van der Waals surface area contributed by atoms with Crippen LogP contribution < -0.4 is 10.7 Å². The SMILES string of the molecule is CC(=NNC(=S)Nc1ccccc1Cl)c1ccccc1Br. The highest BCUT2D eigenvalue weighted by molar-refractivity contribution is 9.10.